The third kappa shape index (κ3) is 8.09. The van der Waals surface area contributed by atoms with Crippen molar-refractivity contribution in [3.8, 4) is 0 Å². The Kier molecular flexibility index (Phi) is 10.4. The van der Waals surface area contributed by atoms with Crippen LogP contribution in [-0.4, -0.2) is 48.4 Å². The average molecular weight is 456 g/mol. The van der Waals surface area contributed by atoms with E-state index in [1.165, 1.54) is 31.9 Å². The monoisotopic (exact) mass is 455 g/mol. The molecule has 0 bridgehead atoms. The number of unbranched alkanes of at least 4 members (excludes halogenated alkanes) is 1. The second-order valence-electron chi connectivity index (χ2n) is 8.66. The Bertz CT molecular complexity index is 712. The summed E-state index contributed by atoms with van der Waals surface area (Å²) in [4.78, 5) is 27.9. The number of piperidine rings is 1. The fraction of sp³-hybridized carbons (Fsp3) is 0.652. The van der Waals surface area contributed by atoms with Crippen molar-refractivity contribution in [3.63, 3.8) is 0 Å². The minimum Gasteiger partial charge on any atom is -0.354 e. The van der Waals surface area contributed by atoms with Crippen LogP contribution < -0.4 is 10.6 Å². The molecular weight excluding hydrogens is 421 g/mol. The summed E-state index contributed by atoms with van der Waals surface area (Å²) in [6.07, 6.45) is 6.46. The number of hydrogen-bond acceptors (Lipinski definition) is 3. The molecule has 2 rings (SSSR count). The molecule has 7 heteroatoms. The fourth-order valence-electron chi connectivity index (χ4n) is 3.88. The van der Waals surface area contributed by atoms with Crippen molar-refractivity contribution in [1.29, 1.82) is 0 Å². The highest BCUT2D eigenvalue weighted by molar-refractivity contribution is 6.36. The standard InChI is InChI=1S/C23H35Cl2N3O2/c1-16(2)14-21(27-22(29)19-10-9-18(24)15-20(19)25)23(30)26-11-5-7-13-28-12-6-4-8-17(28)3/h9-10,15-17,21H,4-8,11-14H2,1-3H3,(H,26,30)(H,27,29). The van der Waals surface area contributed by atoms with E-state index in [0.717, 1.165) is 19.4 Å². The number of carbonyl (C=O) groups excluding carboxylic acids is 2. The predicted octanol–water partition coefficient (Wildman–Crippen LogP) is 4.91. The van der Waals surface area contributed by atoms with Gasteiger partial charge in [0, 0.05) is 17.6 Å². The first-order valence-corrected chi connectivity index (χ1v) is 11.8. The van der Waals surface area contributed by atoms with E-state index in [2.05, 4.69) is 22.5 Å². The lowest BCUT2D eigenvalue weighted by Crippen LogP contribution is -2.47. The molecule has 1 aromatic carbocycles. The molecule has 0 aromatic heterocycles. The lowest BCUT2D eigenvalue weighted by Gasteiger charge is -2.33. The second kappa shape index (κ2) is 12.5. The van der Waals surface area contributed by atoms with Crippen LogP contribution in [0.1, 0.15) is 69.7 Å². The smallest absolute Gasteiger partial charge is 0.253 e. The van der Waals surface area contributed by atoms with E-state index in [1.807, 2.05) is 13.8 Å². The Hall–Kier alpha value is -1.30. The van der Waals surface area contributed by atoms with Gasteiger partial charge in [0.2, 0.25) is 5.91 Å². The van der Waals surface area contributed by atoms with Gasteiger partial charge in [0.1, 0.15) is 6.04 Å². The van der Waals surface area contributed by atoms with Crippen LogP contribution in [0, 0.1) is 5.92 Å². The van der Waals surface area contributed by atoms with Crippen LogP contribution in [0.2, 0.25) is 10.0 Å². The molecule has 2 N–H and O–H groups in total. The third-order valence-corrected chi connectivity index (χ3v) is 6.16. The molecule has 1 aliphatic heterocycles. The highest BCUT2D eigenvalue weighted by Gasteiger charge is 2.23. The van der Waals surface area contributed by atoms with Gasteiger partial charge >= 0.3 is 0 Å². The van der Waals surface area contributed by atoms with Crippen molar-refractivity contribution >= 4 is 35.0 Å². The van der Waals surface area contributed by atoms with Gasteiger partial charge in [-0.15, -0.1) is 0 Å². The number of hydrogen-bond donors (Lipinski definition) is 2. The molecule has 0 spiro atoms. The van der Waals surface area contributed by atoms with Crippen molar-refractivity contribution in [2.45, 2.75) is 71.4 Å². The highest BCUT2D eigenvalue weighted by atomic mass is 35.5. The first kappa shape index (κ1) is 25.0. The molecule has 168 valence electrons. The molecule has 2 atom stereocenters. The van der Waals surface area contributed by atoms with Crippen LogP contribution in [0.5, 0.6) is 0 Å². The minimum absolute atomic E-state index is 0.145. The quantitative estimate of drug-likeness (QED) is 0.492. The number of benzene rings is 1. The van der Waals surface area contributed by atoms with Crippen LogP contribution in [0.25, 0.3) is 0 Å². The number of halogens is 2. The van der Waals surface area contributed by atoms with Crippen LogP contribution in [-0.2, 0) is 4.79 Å². The van der Waals surface area contributed by atoms with E-state index in [4.69, 9.17) is 23.2 Å². The molecule has 0 radical (unpaired) electrons. The number of carbonyl (C=O) groups is 2. The van der Waals surface area contributed by atoms with Gasteiger partial charge in [-0.1, -0.05) is 43.5 Å². The molecule has 1 heterocycles. The van der Waals surface area contributed by atoms with E-state index in [-0.39, 0.29) is 22.8 Å². The van der Waals surface area contributed by atoms with Crippen molar-refractivity contribution < 1.29 is 9.59 Å². The van der Waals surface area contributed by atoms with E-state index in [0.29, 0.717) is 29.6 Å². The topological polar surface area (TPSA) is 61.4 Å². The molecule has 1 saturated heterocycles. The summed E-state index contributed by atoms with van der Waals surface area (Å²) in [5.74, 6) is -0.243. The predicted molar refractivity (Wildman–Crippen MR) is 124 cm³/mol. The molecule has 1 aromatic rings. The summed E-state index contributed by atoms with van der Waals surface area (Å²) in [6, 6.07) is 4.79. The zero-order valence-corrected chi connectivity index (χ0v) is 19.9. The largest absolute Gasteiger partial charge is 0.354 e. The normalized spacial score (nSPS) is 18.3. The first-order chi connectivity index (χ1) is 14.3. The summed E-state index contributed by atoms with van der Waals surface area (Å²) in [5, 5.41) is 6.57. The maximum absolute atomic E-state index is 12.7. The highest BCUT2D eigenvalue weighted by Crippen LogP contribution is 2.21. The first-order valence-electron chi connectivity index (χ1n) is 11.1. The molecule has 2 amide bonds. The second-order valence-corrected chi connectivity index (χ2v) is 9.50. The zero-order valence-electron chi connectivity index (χ0n) is 18.3. The molecule has 1 fully saturated rings. The zero-order chi connectivity index (χ0) is 22.1. The Morgan fingerprint density at radius 1 is 1.20 bits per heavy atom. The number of likely N-dealkylation sites (tertiary alicyclic amines) is 1. The van der Waals surface area contributed by atoms with Gasteiger partial charge < -0.3 is 15.5 Å². The summed E-state index contributed by atoms with van der Waals surface area (Å²) < 4.78 is 0. The summed E-state index contributed by atoms with van der Waals surface area (Å²) >= 11 is 12.0. The van der Waals surface area contributed by atoms with Gasteiger partial charge in [-0.2, -0.15) is 0 Å². The third-order valence-electron chi connectivity index (χ3n) is 5.62. The van der Waals surface area contributed by atoms with Gasteiger partial charge in [-0.3, -0.25) is 9.59 Å². The Morgan fingerprint density at radius 3 is 2.63 bits per heavy atom. The van der Waals surface area contributed by atoms with Crippen LogP contribution in [0.4, 0.5) is 0 Å². The van der Waals surface area contributed by atoms with Crippen molar-refractivity contribution in [2.75, 3.05) is 19.6 Å². The van der Waals surface area contributed by atoms with Gasteiger partial charge in [-0.25, -0.2) is 0 Å². The SMILES string of the molecule is CC(C)CC(NC(=O)c1ccc(Cl)cc1Cl)C(=O)NCCCCN1CCCCC1C. The fourth-order valence-corrected chi connectivity index (χ4v) is 4.37. The molecule has 30 heavy (non-hydrogen) atoms. The summed E-state index contributed by atoms with van der Waals surface area (Å²) in [5.41, 5.74) is 0.318. The lowest BCUT2D eigenvalue weighted by atomic mass is 10.0. The van der Waals surface area contributed by atoms with Crippen LogP contribution in [0.3, 0.4) is 0 Å². The van der Waals surface area contributed by atoms with Crippen molar-refractivity contribution in [3.05, 3.63) is 33.8 Å². The molecule has 0 aliphatic carbocycles. The van der Waals surface area contributed by atoms with Gasteiger partial charge in [0.05, 0.1) is 10.6 Å². The molecule has 1 aliphatic rings. The van der Waals surface area contributed by atoms with Gasteiger partial charge in [-0.05, 0) is 76.2 Å². The Labute approximate surface area is 190 Å². The Balaban J connectivity index is 1.81. The molecular formula is C23H35Cl2N3O2. The summed E-state index contributed by atoms with van der Waals surface area (Å²) in [7, 11) is 0. The van der Waals surface area contributed by atoms with E-state index in [1.54, 1.807) is 12.1 Å². The Morgan fingerprint density at radius 2 is 1.97 bits per heavy atom. The van der Waals surface area contributed by atoms with Crippen LogP contribution >= 0.6 is 23.2 Å². The molecule has 5 nitrogen and oxygen atoms in total. The number of rotatable bonds is 10. The minimum atomic E-state index is -0.591. The summed E-state index contributed by atoms with van der Waals surface area (Å²) in [6.45, 7) is 9.24. The maximum Gasteiger partial charge on any atom is 0.253 e. The van der Waals surface area contributed by atoms with Crippen LogP contribution in [0.15, 0.2) is 18.2 Å². The lowest BCUT2D eigenvalue weighted by molar-refractivity contribution is -0.123. The number of nitrogens with zero attached hydrogens (tertiary/aromatic N) is 1. The molecule has 2 unspecified atom stereocenters. The average Bonchev–Trinajstić information content (AvgIpc) is 2.68. The van der Waals surface area contributed by atoms with Gasteiger partial charge in [0.25, 0.3) is 5.91 Å². The maximum atomic E-state index is 12.7. The number of nitrogens with one attached hydrogen (secondary N) is 2. The molecule has 0 saturated carbocycles. The van der Waals surface area contributed by atoms with E-state index >= 15 is 0 Å². The van der Waals surface area contributed by atoms with Crippen molar-refractivity contribution in [1.82, 2.24) is 15.5 Å². The van der Waals surface area contributed by atoms with Gasteiger partial charge in [0.15, 0.2) is 0 Å². The number of amides is 2. The van der Waals surface area contributed by atoms with E-state index in [9.17, 15) is 9.59 Å². The van der Waals surface area contributed by atoms with Crippen molar-refractivity contribution in [2.24, 2.45) is 5.92 Å². The van der Waals surface area contributed by atoms with E-state index < -0.39 is 6.04 Å².